The Kier molecular flexibility index (Phi) is 8.35. The van der Waals surface area contributed by atoms with Crippen LogP contribution in [0.5, 0.6) is 0 Å². The third-order valence-electron chi connectivity index (χ3n) is 5.83. The van der Waals surface area contributed by atoms with E-state index in [9.17, 15) is 22.4 Å². The number of nitrogens with one attached hydrogen (secondary N) is 4. The molecule has 0 aliphatic rings. The van der Waals surface area contributed by atoms with Crippen LogP contribution in [0.1, 0.15) is 33.3 Å². The second-order valence-corrected chi connectivity index (χ2v) is 12.0. The maximum atomic E-state index is 13.2. The van der Waals surface area contributed by atoms with Crippen LogP contribution in [0.3, 0.4) is 0 Å². The van der Waals surface area contributed by atoms with Gasteiger partial charge in [-0.2, -0.15) is 0 Å². The molecule has 2 aromatic carbocycles. The highest BCUT2D eigenvalue weighted by Gasteiger charge is 2.35. The van der Waals surface area contributed by atoms with E-state index in [4.69, 9.17) is 12.2 Å². The lowest BCUT2D eigenvalue weighted by Gasteiger charge is -2.32. The molecule has 0 radical (unpaired) electrons. The number of sulfonamides is 1. The number of halogens is 1. The Morgan fingerprint density at radius 2 is 1.82 bits per heavy atom. The van der Waals surface area contributed by atoms with Crippen LogP contribution in [0.25, 0.3) is 10.1 Å². The summed E-state index contributed by atoms with van der Waals surface area (Å²) in [4.78, 5) is 29.0. The zero-order valence-electron chi connectivity index (χ0n) is 20.8. The van der Waals surface area contributed by atoms with Crippen molar-refractivity contribution in [2.75, 3.05) is 18.1 Å². The highest BCUT2D eigenvalue weighted by Crippen LogP contribution is 2.36. The van der Waals surface area contributed by atoms with Crippen molar-refractivity contribution in [2.45, 2.75) is 12.5 Å². The number of benzene rings is 2. The number of amides is 2. The number of rotatable bonds is 8. The average molecular weight is 586 g/mol. The van der Waals surface area contributed by atoms with Gasteiger partial charge in [-0.1, -0.05) is 18.2 Å². The molecule has 4 N–H and O–H groups in total. The number of pyridine rings is 1. The molecule has 2 aromatic heterocycles. The lowest BCUT2D eigenvalue weighted by molar-refractivity contribution is 0.0974. The molecule has 0 spiro atoms. The molecule has 0 saturated heterocycles. The van der Waals surface area contributed by atoms with E-state index in [1.165, 1.54) is 24.5 Å². The molecule has 4 aromatic rings. The number of hydrogen-bond acceptors (Lipinski definition) is 7. The summed E-state index contributed by atoms with van der Waals surface area (Å²) < 4.78 is 41.7. The van der Waals surface area contributed by atoms with Gasteiger partial charge in [0.15, 0.2) is 5.11 Å². The number of nitrogens with zero attached hydrogens (tertiary/aromatic N) is 1. The molecular formula is C26H24FN5O4S3. The molecule has 0 aliphatic heterocycles. The number of hydrogen-bond donors (Lipinski definition) is 4. The molecule has 0 aliphatic carbocycles. The fourth-order valence-corrected chi connectivity index (χ4v) is 6.44. The molecule has 9 nitrogen and oxygen atoms in total. The third-order valence-corrected chi connectivity index (χ3v) is 8.57. The van der Waals surface area contributed by atoms with Crippen molar-refractivity contribution in [2.24, 2.45) is 0 Å². The number of carbonyl (C=O) groups excluding carboxylic acids is 2. The maximum absolute atomic E-state index is 13.2. The van der Waals surface area contributed by atoms with Crippen molar-refractivity contribution in [3.05, 3.63) is 94.9 Å². The van der Waals surface area contributed by atoms with Crippen molar-refractivity contribution < 1.29 is 22.4 Å². The van der Waals surface area contributed by atoms with Crippen LogP contribution in [0, 0.1) is 5.82 Å². The smallest absolute Gasteiger partial charge is 0.274 e. The zero-order chi connectivity index (χ0) is 28.2. The molecule has 1 unspecified atom stereocenters. The van der Waals surface area contributed by atoms with E-state index in [1.54, 1.807) is 60.8 Å². The lowest BCUT2D eigenvalue weighted by Crippen LogP contribution is -2.53. The summed E-state index contributed by atoms with van der Waals surface area (Å²) in [7, 11) is -2.44. The van der Waals surface area contributed by atoms with Crippen molar-refractivity contribution in [3.63, 3.8) is 0 Å². The number of fused-ring (bicyclic) bond motifs is 1. The Morgan fingerprint density at radius 3 is 2.49 bits per heavy atom. The van der Waals surface area contributed by atoms with Crippen LogP contribution in [0.15, 0.2) is 72.2 Å². The van der Waals surface area contributed by atoms with Crippen LogP contribution in [-0.2, 0) is 15.6 Å². The lowest BCUT2D eigenvalue weighted by atomic mass is 9.93. The summed E-state index contributed by atoms with van der Waals surface area (Å²) in [6.45, 7) is 1.66. The molecular weight excluding hydrogens is 562 g/mol. The molecule has 2 heterocycles. The third kappa shape index (κ3) is 6.81. The van der Waals surface area contributed by atoms with Crippen molar-refractivity contribution in [3.8, 4) is 0 Å². The topological polar surface area (TPSA) is 129 Å². The van der Waals surface area contributed by atoms with E-state index in [-0.39, 0.29) is 10.8 Å². The van der Waals surface area contributed by atoms with E-state index in [0.717, 1.165) is 17.0 Å². The molecule has 1 atom stereocenters. The van der Waals surface area contributed by atoms with Gasteiger partial charge in [0.1, 0.15) is 11.5 Å². The van der Waals surface area contributed by atoms with Crippen LogP contribution in [0.4, 0.5) is 10.1 Å². The van der Waals surface area contributed by atoms with Gasteiger partial charge < -0.3 is 10.6 Å². The number of thiophene rings is 1. The van der Waals surface area contributed by atoms with Gasteiger partial charge in [0.05, 0.1) is 17.5 Å². The van der Waals surface area contributed by atoms with Crippen LogP contribution >= 0.6 is 23.6 Å². The van der Waals surface area contributed by atoms with Gasteiger partial charge in [-0.3, -0.25) is 14.9 Å². The van der Waals surface area contributed by atoms with Gasteiger partial charge in [0.25, 0.3) is 11.8 Å². The fourth-order valence-electron chi connectivity index (χ4n) is 3.92. The molecule has 0 saturated carbocycles. The van der Waals surface area contributed by atoms with Crippen LogP contribution < -0.4 is 20.7 Å². The molecule has 4 rings (SSSR count). The standard InChI is InChI=1S/C26H24FN5O4S3/c1-26(15-39(35,36)28-2,32-25(37)31-23(33)16-6-4-3-5-7-16)20-14-38-22-11-9-18(12-19(20)22)30-24(34)21-10-8-17(27)13-29-21/h3-14,28H,15H2,1-2H3,(H,30,34)(H2,31,32,33,37). The van der Waals surface area contributed by atoms with Gasteiger partial charge in [-0.25, -0.2) is 22.5 Å². The summed E-state index contributed by atoms with van der Waals surface area (Å²) in [6.07, 6.45) is 0.952. The van der Waals surface area contributed by atoms with Crippen LogP contribution in [0.2, 0.25) is 0 Å². The quantitative estimate of drug-likeness (QED) is 0.232. The first-order valence-corrected chi connectivity index (χ1v) is 14.5. The number of aromatic nitrogens is 1. The molecule has 39 heavy (non-hydrogen) atoms. The van der Waals surface area contributed by atoms with Gasteiger partial charge in [0, 0.05) is 21.3 Å². The Hall–Kier alpha value is -3.78. The van der Waals surface area contributed by atoms with E-state index in [2.05, 4.69) is 25.7 Å². The molecule has 0 bridgehead atoms. The first-order chi connectivity index (χ1) is 18.5. The second kappa shape index (κ2) is 11.5. The normalized spacial score (nSPS) is 12.9. The number of anilines is 1. The zero-order valence-corrected chi connectivity index (χ0v) is 23.3. The Bertz CT molecular complexity index is 1640. The van der Waals surface area contributed by atoms with E-state index >= 15 is 0 Å². The number of carbonyl (C=O) groups is 2. The average Bonchev–Trinajstić information content (AvgIpc) is 3.33. The Labute approximate surface area is 233 Å². The summed E-state index contributed by atoms with van der Waals surface area (Å²) in [5, 5.41) is 10.8. The predicted octanol–water partition coefficient (Wildman–Crippen LogP) is 3.76. The predicted molar refractivity (Wildman–Crippen MR) is 154 cm³/mol. The van der Waals surface area contributed by atoms with Crippen molar-refractivity contribution in [1.82, 2.24) is 20.3 Å². The van der Waals surface area contributed by atoms with Crippen molar-refractivity contribution in [1.29, 1.82) is 0 Å². The minimum absolute atomic E-state index is 0.0353. The first kappa shape index (κ1) is 28.2. The summed E-state index contributed by atoms with van der Waals surface area (Å²) in [5.74, 6) is -1.94. The molecule has 0 fully saturated rings. The SMILES string of the molecule is CNS(=O)(=O)CC(C)(NC(=S)NC(=O)c1ccccc1)c1csc2ccc(NC(=O)c3ccc(F)cn3)cc12. The van der Waals surface area contributed by atoms with Gasteiger partial charge in [-0.15, -0.1) is 11.3 Å². The minimum Gasteiger partial charge on any atom is -0.352 e. The molecule has 2 amide bonds. The number of thiocarbonyl (C=S) groups is 1. The summed E-state index contributed by atoms with van der Waals surface area (Å²) >= 11 is 6.79. The highest BCUT2D eigenvalue weighted by atomic mass is 32.2. The van der Waals surface area contributed by atoms with E-state index < -0.39 is 38.9 Å². The largest absolute Gasteiger partial charge is 0.352 e. The first-order valence-electron chi connectivity index (χ1n) is 11.5. The molecule has 13 heteroatoms. The maximum Gasteiger partial charge on any atom is 0.274 e. The van der Waals surface area contributed by atoms with Crippen molar-refractivity contribution >= 4 is 66.3 Å². The summed E-state index contributed by atoms with van der Waals surface area (Å²) in [6, 6.07) is 16.1. The highest BCUT2D eigenvalue weighted by molar-refractivity contribution is 7.89. The van der Waals surface area contributed by atoms with E-state index in [1.807, 2.05) is 0 Å². The van der Waals surface area contributed by atoms with Gasteiger partial charge in [0.2, 0.25) is 10.0 Å². The Morgan fingerprint density at radius 1 is 1.08 bits per heavy atom. The minimum atomic E-state index is -3.76. The monoisotopic (exact) mass is 585 g/mol. The molecule has 202 valence electrons. The van der Waals surface area contributed by atoms with Gasteiger partial charge in [-0.05, 0) is 79.6 Å². The summed E-state index contributed by atoms with van der Waals surface area (Å²) in [5.41, 5.74) is 0.171. The second-order valence-electron chi connectivity index (χ2n) is 8.75. The van der Waals surface area contributed by atoms with Gasteiger partial charge >= 0.3 is 0 Å². The van der Waals surface area contributed by atoms with E-state index in [0.29, 0.717) is 22.2 Å². The van der Waals surface area contributed by atoms with Crippen LogP contribution in [-0.4, -0.2) is 43.1 Å². The Balaban J connectivity index is 1.65. The fraction of sp³-hybridized carbons (Fsp3) is 0.154.